The second-order valence-electron chi connectivity index (χ2n) is 4.21. The number of aliphatic hydroxyl groups is 1. The average Bonchev–Trinajstić information content (AvgIpc) is 2.02. The summed E-state index contributed by atoms with van der Waals surface area (Å²) in [6.45, 7) is 5.89. The maximum atomic E-state index is 11.4. The van der Waals surface area contributed by atoms with Crippen LogP contribution in [-0.2, 0) is 4.79 Å². The molecular weight excluding hydrogens is 166 g/mol. The van der Waals surface area contributed by atoms with Gasteiger partial charge >= 0.3 is 0 Å². The number of piperidine rings is 1. The zero-order chi connectivity index (χ0) is 9.84. The Hall–Kier alpha value is -0.570. The summed E-state index contributed by atoms with van der Waals surface area (Å²) in [7, 11) is 0. The van der Waals surface area contributed by atoms with Crippen molar-refractivity contribution in [2.45, 2.75) is 39.2 Å². The average molecular weight is 185 g/mol. The first kappa shape index (κ1) is 10.5. The van der Waals surface area contributed by atoms with Crippen molar-refractivity contribution in [3.05, 3.63) is 0 Å². The van der Waals surface area contributed by atoms with Gasteiger partial charge in [0.1, 0.15) is 0 Å². The number of aliphatic hydroxyl groups excluding tert-OH is 1. The zero-order valence-electron chi connectivity index (χ0n) is 8.49. The van der Waals surface area contributed by atoms with E-state index >= 15 is 0 Å². The van der Waals surface area contributed by atoms with Crippen molar-refractivity contribution < 1.29 is 9.90 Å². The van der Waals surface area contributed by atoms with Crippen LogP contribution in [0.4, 0.5) is 0 Å². The van der Waals surface area contributed by atoms with Gasteiger partial charge in [-0.3, -0.25) is 4.79 Å². The smallest absolute Gasteiger partial charge is 0.225 e. The lowest BCUT2D eigenvalue weighted by atomic mass is 10.1. The number of nitrogens with zero attached hydrogens (tertiary/aromatic N) is 1. The lowest BCUT2D eigenvalue weighted by molar-refractivity contribution is -0.137. The molecule has 0 aromatic rings. The van der Waals surface area contributed by atoms with Crippen molar-refractivity contribution in [3.63, 3.8) is 0 Å². The molecule has 0 radical (unpaired) electrons. The van der Waals surface area contributed by atoms with Crippen molar-refractivity contribution in [1.82, 2.24) is 4.90 Å². The van der Waals surface area contributed by atoms with Crippen molar-refractivity contribution in [2.75, 3.05) is 13.1 Å². The van der Waals surface area contributed by atoms with E-state index in [4.69, 9.17) is 0 Å². The van der Waals surface area contributed by atoms with E-state index in [-0.39, 0.29) is 5.91 Å². The Balaban J connectivity index is 2.30. The molecule has 1 atom stereocenters. The van der Waals surface area contributed by atoms with Gasteiger partial charge in [-0.25, -0.2) is 0 Å². The standard InChI is InChI=1S/C10H19NO2/c1-8(2)3-5-11-6-4-9(12)7-10(11)13/h8-9,12H,3-7H2,1-2H3. The van der Waals surface area contributed by atoms with E-state index in [1.165, 1.54) is 0 Å². The third-order valence-corrected chi connectivity index (χ3v) is 2.47. The van der Waals surface area contributed by atoms with Gasteiger partial charge in [0.15, 0.2) is 0 Å². The monoisotopic (exact) mass is 185 g/mol. The predicted molar refractivity (Wildman–Crippen MR) is 51.3 cm³/mol. The third kappa shape index (κ3) is 3.35. The minimum atomic E-state index is -0.400. The van der Waals surface area contributed by atoms with Crippen LogP contribution in [0.25, 0.3) is 0 Å². The van der Waals surface area contributed by atoms with Crippen LogP contribution < -0.4 is 0 Å². The number of hydrogen-bond acceptors (Lipinski definition) is 2. The highest BCUT2D eigenvalue weighted by Gasteiger charge is 2.23. The van der Waals surface area contributed by atoms with Crippen LogP contribution in [-0.4, -0.2) is 35.1 Å². The second kappa shape index (κ2) is 4.61. The number of rotatable bonds is 3. The van der Waals surface area contributed by atoms with Gasteiger partial charge in [0, 0.05) is 13.1 Å². The summed E-state index contributed by atoms with van der Waals surface area (Å²) in [6.07, 6.45) is 1.71. The molecule has 1 amide bonds. The third-order valence-electron chi connectivity index (χ3n) is 2.47. The van der Waals surface area contributed by atoms with Crippen LogP contribution in [0.1, 0.15) is 33.1 Å². The molecule has 3 heteroatoms. The first-order valence-electron chi connectivity index (χ1n) is 5.05. The maximum absolute atomic E-state index is 11.4. The molecule has 1 aliphatic rings. The molecule has 0 spiro atoms. The van der Waals surface area contributed by atoms with Gasteiger partial charge in [-0.2, -0.15) is 0 Å². The largest absolute Gasteiger partial charge is 0.393 e. The summed E-state index contributed by atoms with van der Waals surface area (Å²) in [5.74, 6) is 0.749. The van der Waals surface area contributed by atoms with E-state index < -0.39 is 6.10 Å². The van der Waals surface area contributed by atoms with Crippen LogP contribution in [0.3, 0.4) is 0 Å². The highest BCUT2D eigenvalue weighted by molar-refractivity contribution is 5.77. The lowest BCUT2D eigenvalue weighted by Crippen LogP contribution is -2.41. The highest BCUT2D eigenvalue weighted by atomic mass is 16.3. The van der Waals surface area contributed by atoms with E-state index in [0.29, 0.717) is 12.3 Å². The Morgan fingerprint density at radius 3 is 2.85 bits per heavy atom. The summed E-state index contributed by atoms with van der Waals surface area (Å²) in [4.78, 5) is 13.3. The summed E-state index contributed by atoms with van der Waals surface area (Å²) in [5, 5.41) is 9.23. The van der Waals surface area contributed by atoms with Crippen LogP contribution in [0.2, 0.25) is 0 Å². The molecule has 76 valence electrons. The van der Waals surface area contributed by atoms with Crippen LogP contribution in [0, 0.1) is 5.92 Å². The fraction of sp³-hybridized carbons (Fsp3) is 0.900. The zero-order valence-corrected chi connectivity index (χ0v) is 8.49. The predicted octanol–water partition coefficient (Wildman–Crippen LogP) is 1.02. The molecule has 1 N–H and O–H groups in total. The van der Waals surface area contributed by atoms with E-state index in [0.717, 1.165) is 25.9 Å². The van der Waals surface area contributed by atoms with Gasteiger partial charge in [0.05, 0.1) is 12.5 Å². The lowest BCUT2D eigenvalue weighted by Gasteiger charge is -2.29. The minimum Gasteiger partial charge on any atom is -0.393 e. The number of hydrogen-bond donors (Lipinski definition) is 1. The molecule has 1 aliphatic heterocycles. The van der Waals surface area contributed by atoms with Crippen LogP contribution >= 0.6 is 0 Å². The summed E-state index contributed by atoms with van der Waals surface area (Å²) in [5.41, 5.74) is 0. The van der Waals surface area contributed by atoms with Gasteiger partial charge in [-0.15, -0.1) is 0 Å². The number of amides is 1. The summed E-state index contributed by atoms with van der Waals surface area (Å²) < 4.78 is 0. The summed E-state index contributed by atoms with van der Waals surface area (Å²) >= 11 is 0. The molecule has 0 bridgehead atoms. The van der Waals surface area contributed by atoms with Gasteiger partial charge in [0.2, 0.25) is 5.91 Å². The van der Waals surface area contributed by atoms with Crippen molar-refractivity contribution in [2.24, 2.45) is 5.92 Å². The maximum Gasteiger partial charge on any atom is 0.225 e. The molecule has 0 aromatic heterocycles. The highest BCUT2D eigenvalue weighted by Crippen LogP contribution is 2.13. The molecule has 1 saturated heterocycles. The Labute approximate surface area is 79.7 Å². The number of likely N-dealkylation sites (tertiary alicyclic amines) is 1. The molecule has 1 unspecified atom stereocenters. The Kier molecular flexibility index (Phi) is 3.72. The summed E-state index contributed by atoms with van der Waals surface area (Å²) in [6, 6.07) is 0. The van der Waals surface area contributed by atoms with Crippen LogP contribution in [0.5, 0.6) is 0 Å². The molecule has 0 aromatic carbocycles. The molecule has 0 saturated carbocycles. The Morgan fingerprint density at radius 1 is 1.62 bits per heavy atom. The van der Waals surface area contributed by atoms with Gasteiger partial charge in [-0.1, -0.05) is 13.8 Å². The van der Waals surface area contributed by atoms with E-state index in [1.807, 2.05) is 4.90 Å². The van der Waals surface area contributed by atoms with Crippen molar-refractivity contribution >= 4 is 5.91 Å². The van der Waals surface area contributed by atoms with E-state index in [2.05, 4.69) is 13.8 Å². The Morgan fingerprint density at radius 2 is 2.31 bits per heavy atom. The minimum absolute atomic E-state index is 0.111. The van der Waals surface area contributed by atoms with Crippen molar-refractivity contribution in [1.29, 1.82) is 0 Å². The van der Waals surface area contributed by atoms with Crippen LogP contribution in [0.15, 0.2) is 0 Å². The molecule has 1 rings (SSSR count). The topological polar surface area (TPSA) is 40.5 Å². The molecular formula is C10H19NO2. The van der Waals surface area contributed by atoms with E-state index in [9.17, 15) is 9.90 Å². The van der Waals surface area contributed by atoms with Gasteiger partial charge in [-0.05, 0) is 18.8 Å². The Bertz CT molecular complexity index is 180. The first-order valence-corrected chi connectivity index (χ1v) is 5.05. The van der Waals surface area contributed by atoms with E-state index in [1.54, 1.807) is 0 Å². The molecule has 13 heavy (non-hydrogen) atoms. The number of carbonyl (C=O) groups excluding carboxylic acids is 1. The fourth-order valence-electron chi connectivity index (χ4n) is 1.51. The van der Waals surface area contributed by atoms with Crippen molar-refractivity contribution in [3.8, 4) is 0 Å². The second-order valence-corrected chi connectivity index (χ2v) is 4.21. The first-order chi connectivity index (χ1) is 6.09. The fourth-order valence-corrected chi connectivity index (χ4v) is 1.51. The quantitative estimate of drug-likeness (QED) is 0.713. The molecule has 3 nitrogen and oxygen atoms in total. The molecule has 0 aliphatic carbocycles. The molecule has 1 heterocycles. The number of carbonyl (C=O) groups is 1. The normalized spacial score (nSPS) is 24.2. The molecule has 1 fully saturated rings. The van der Waals surface area contributed by atoms with Gasteiger partial charge < -0.3 is 10.0 Å². The van der Waals surface area contributed by atoms with Gasteiger partial charge in [0.25, 0.3) is 0 Å². The SMILES string of the molecule is CC(C)CCN1CCC(O)CC1=O.